The summed E-state index contributed by atoms with van der Waals surface area (Å²) in [6, 6.07) is 11.7. The van der Waals surface area contributed by atoms with Gasteiger partial charge >= 0.3 is 6.18 Å². The van der Waals surface area contributed by atoms with Crippen LogP contribution in [-0.4, -0.2) is 16.8 Å². The topological polar surface area (TPSA) is 74.0 Å². The van der Waals surface area contributed by atoms with Crippen LogP contribution in [-0.2, 0) is 17.4 Å². The molecule has 2 aromatic carbocycles. The second-order valence-electron chi connectivity index (χ2n) is 5.58. The average Bonchev–Trinajstić information content (AvgIpc) is 3.02. The monoisotopic (exact) mass is 361 g/mol. The Balaban J connectivity index is 1.66. The van der Waals surface area contributed by atoms with Crippen molar-refractivity contribution >= 4 is 22.7 Å². The van der Waals surface area contributed by atoms with Crippen molar-refractivity contribution in [1.29, 1.82) is 0 Å². The Kier molecular flexibility index (Phi) is 4.66. The third kappa shape index (κ3) is 3.69. The summed E-state index contributed by atoms with van der Waals surface area (Å²) in [5.74, 6) is -1.59. The number of benzene rings is 2. The molecule has 3 N–H and O–H groups in total. The number of aromatic amines is 1. The second kappa shape index (κ2) is 6.91. The Bertz CT molecular complexity index is 963. The number of para-hydroxylation sites is 1. The number of halogens is 3. The predicted octanol–water partition coefficient (Wildman–Crippen LogP) is 3.19. The maximum Gasteiger partial charge on any atom is 0.417 e. The number of nitrogens with one attached hydrogen (secondary N) is 3. The van der Waals surface area contributed by atoms with Crippen LogP contribution in [0.3, 0.4) is 0 Å². The van der Waals surface area contributed by atoms with Gasteiger partial charge in [-0.25, -0.2) is 0 Å². The van der Waals surface area contributed by atoms with E-state index in [1.165, 1.54) is 12.1 Å². The van der Waals surface area contributed by atoms with Gasteiger partial charge in [0.2, 0.25) is 5.91 Å². The number of H-pyrrole nitrogens is 1. The summed E-state index contributed by atoms with van der Waals surface area (Å²) >= 11 is 0. The van der Waals surface area contributed by atoms with E-state index < -0.39 is 29.1 Å². The Morgan fingerprint density at radius 3 is 2.42 bits per heavy atom. The first kappa shape index (κ1) is 17.5. The molecule has 0 spiro atoms. The number of hydrogen-bond acceptors (Lipinski definition) is 2. The van der Waals surface area contributed by atoms with E-state index in [-0.39, 0.29) is 6.42 Å². The lowest BCUT2D eigenvalue weighted by Gasteiger charge is -2.13. The Labute approximate surface area is 146 Å². The highest BCUT2D eigenvalue weighted by atomic mass is 19.4. The van der Waals surface area contributed by atoms with Gasteiger partial charge < -0.3 is 4.98 Å². The molecule has 26 heavy (non-hydrogen) atoms. The lowest BCUT2D eigenvalue weighted by molar-refractivity contribution is -0.137. The number of fused-ring (bicyclic) bond motifs is 1. The maximum absolute atomic E-state index is 12.9. The van der Waals surface area contributed by atoms with E-state index in [9.17, 15) is 22.8 Å². The Hall–Kier alpha value is -3.29. The number of hydrazine groups is 1. The molecule has 8 heteroatoms. The molecule has 5 nitrogen and oxygen atoms in total. The Morgan fingerprint density at radius 1 is 0.962 bits per heavy atom. The highest BCUT2D eigenvalue weighted by molar-refractivity contribution is 5.97. The molecule has 0 saturated carbocycles. The molecule has 134 valence electrons. The SMILES string of the molecule is O=C(Cc1c[nH]c2ccccc12)NNC(=O)c1ccccc1C(F)(F)F. The van der Waals surface area contributed by atoms with Crippen LogP contribution in [0.2, 0.25) is 0 Å². The number of hydrogen-bond donors (Lipinski definition) is 3. The van der Waals surface area contributed by atoms with Crippen LogP contribution in [0.25, 0.3) is 10.9 Å². The molecular weight excluding hydrogens is 347 g/mol. The van der Waals surface area contributed by atoms with Crippen molar-refractivity contribution in [2.45, 2.75) is 12.6 Å². The molecule has 0 atom stereocenters. The summed E-state index contributed by atoms with van der Waals surface area (Å²) in [6.45, 7) is 0. The first-order valence-corrected chi connectivity index (χ1v) is 7.66. The zero-order chi connectivity index (χ0) is 18.7. The number of aromatic nitrogens is 1. The highest BCUT2D eigenvalue weighted by Crippen LogP contribution is 2.31. The molecule has 0 aliphatic heterocycles. The van der Waals surface area contributed by atoms with Crippen molar-refractivity contribution in [2.75, 3.05) is 0 Å². The zero-order valence-electron chi connectivity index (χ0n) is 13.4. The lowest BCUT2D eigenvalue weighted by atomic mass is 10.1. The van der Waals surface area contributed by atoms with Crippen LogP contribution in [0.5, 0.6) is 0 Å². The molecule has 3 aromatic rings. The number of carbonyl (C=O) groups is 2. The minimum absolute atomic E-state index is 0.0365. The third-order valence-electron chi connectivity index (χ3n) is 3.82. The summed E-state index contributed by atoms with van der Waals surface area (Å²) in [7, 11) is 0. The number of amides is 2. The predicted molar refractivity (Wildman–Crippen MR) is 89.1 cm³/mol. The minimum Gasteiger partial charge on any atom is -0.361 e. The van der Waals surface area contributed by atoms with Crippen LogP contribution >= 0.6 is 0 Å². The molecule has 0 unspecified atom stereocenters. The van der Waals surface area contributed by atoms with Crippen LogP contribution in [0.4, 0.5) is 13.2 Å². The van der Waals surface area contributed by atoms with Crippen LogP contribution in [0.15, 0.2) is 54.7 Å². The number of alkyl halides is 3. The van der Waals surface area contributed by atoms with Gasteiger partial charge in [0.25, 0.3) is 5.91 Å². The summed E-state index contributed by atoms with van der Waals surface area (Å²) < 4.78 is 38.8. The fraction of sp³-hybridized carbons (Fsp3) is 0.111. The van der Waals surface area contributed by atoms with Gasteiger partial charge in [-0.05, 0) is 23.8 Å². The summed E-state index contributed by atoms with van der Waals surface area (Å²) in [4.78, 5) is 27.0. The van der Waals surface area contributed by atoms with Gasteiger partial charge in [0.05, 0.1) is 17.5 Å². The number of rotatable bonds is 3. The molecular formula is C18H14F3N3O2. The largest absolute Gasteiger partial charge is 0.417 e. The molecule has 0 aliphatic rings. The third-order valence-corrected chi connectivity index (χ3v) is 3.82. The first-order valence-electron chi connectivity index (χ1n) is 7.66. The summed E-state index contributed by atoms with van der Waals surface area (Å²) in [6.07, 6.45) is -3.03. The molecule has 2 amide bonds. The smallest absolute Gasteiger partial charge is 0.361 e. The molecule has 0 aliphatic carbocycles. The van der Waals surface area contributed by atoms with Crippen molar-refractivity contribution in [1.82, 2.24) is 15.8 Å². The van der Waals surface area contributed by atoms with Gasteiger partial charge in [0, 0.05) is 17.1 Å². The molecule has 0 radical (unpaired) electrons. The van der Waals surface area contributed by atoms with Gasteiger partial charge in [0.15, 0.2) is 0 Å². The fourth-order valence-corrected chi connectivity index (χ4v) is 2.62. The number of carbonyl (C=O) groups excluding carboxylic acids is 2. The van der Waals surface area contributed by atoms with E-state index in [4.69, 9.17) is 0 Å². The average molecular weight is 361 g/mol. The van der Waals surface area contributed by atoms with E-state index in [1.54, 1.807) is 6.20 Å². The van der Waals surface area contributed by atoms with E-state index in [0.717, 1.165) is 23.0 Å². The van der Waals surface area contributed by atoms with Crippen molar-refractivity contribution in [3.8, 4) is 0 Å². The zero-order valence-corrected chi connectivity index (χ0v) is 13.4. The maximum atomic E-state index is 12.9. The Morgan fingerprint density at radius 2 is 1.65 bits per heavy atom. The van der Waals surface area contributed by atoms with Gasteiger partial charge in [-0.2, -0.15) is 13.2 Å². The second-order valence-corrected chi connectivity index (χ2v) is 5.58. The van der Waals surface area contributed by atoms with Gasteiger partial charge in [0.1, 0.15) is 0 Å². The van der Waals surface area contributed by atoms with E-state index in [0.29, 0.717) is 5.56 Å². The van der Waals surface area contributed by atoms with Crippen molar-refractivity contribution in [2.24, 2.45) is 0 Å². The van der Waals surface area contributed by atoms with Gasteiger partial charge in [-0.15, -0.1) is 0 Å². The van der Waals surface area contributed by atoms with Crippen LogP contribution in [0.1, 0.15) is 21.5 Å². The summed E-state index contributed by atoms with van der Waals surface area (Å²) in [5.41, 5.74) is 4.11. The van der Waals surface area contributed by atoms with Gasteiger partial charge in [-0.3, -0.25) is 20.4 Å². The van der Waals surface area contributed by atoms with Crippen molar-refractivity contribution in [3.63, 3.8) is 0 Å². The highest BCUT2D eigenvalue weighted by Gasteiger charge is 2.34. The van der Waals surface area contributed by atoms with E-state index >= 15 is 0 Å². The van der Waals surface area contributed by atoms with Gasteiger partial charge in [-0.1, -0.05) is 30.3 Å². The van der Waals surface area contributed by atoms with E-state index in [1.807, 2.05) is 29.7 Å². The standard InChI is InChI=1S/C18H14F3N3O2/c19-18(20,21)14-7-3-1-6-13(14)17(26)24-23-16(25)9-11-10-22-15-8-4-2-5-12(11)15/h1-8,10,22H,9H2,(H,23,25)(H,24,26). The molecule has 1 aromatic heterocycles. The summed E-state index contributed by atoms with van der Waals surface area (Å²) in [5, 5.41) is 0.858. The normalized spacial score (nSPS) is 11.3. The van der Waals surface area contributed by atoms with Crippen LogP contribution in [0, 0.1) is 0 Å². The van der Waals surface area contributed by atoms with Crippen LogP contribution < -0.4 is 10.9 Å². The molecule has 0 fully saturated rings. The molecule has 3 rings (SSSR count). The minimum atomic E-state index is -4.66. The lowest BCUT2D eigenvalue weighted by Crippen LogP contribution is -2.43. The first-order chi connectivity index (χ1) is 12.4. The van der Waals surface area contributed by atoms with E-state index in [2.05, 4.69) is 10.4 Å². The van der Waals surface area contributed by atoms with Crippen molar-refractivity contribution in [3.05, 3.63) is 71.4 Å². The molecule has 0 bridgehead atoms. The fourth-order valence-electron chi connectivity index (χ4n) is 2.62. The molecule has 0 saturated heterocycles. The quantitative estimate of drug-likeness (QED) is 0.627. The van der Waals surface area contributed by atoms with Crippen molar-refractivity contribution < 1.29 is 22.8 Å². The molecule has 1 heterocycles.